The summed E-state index contributed by atoms with van der Waals surface area (Å²) in [6.45, 7) is 4.08. The van der Waals surface area contributed by atoms with E-state index in [1.807, 2.05) is 13.8 Å². The van der Waals surface area contributed by atoms with Crippen molar-refractivity contribution < 1.29 is 23.0 Å². The fraction of sp³-hybridized carbons (Fsp3) is 1.00. The fourth-order valence-corrected chi connectivity index (χ4v) is 2.14. The molecule has 16 heavy (non-hydrogen) atoms. The van der Waals surface area contributed by atoms with Gasteiger partial charge in [-0.1, -0.05) is 6.92 Å². The molecule has 1 N–H and O–H groups in total. The van der Waals surface area contributed by atoms with Crippen LogP contribution in [0.1, 0.15) is 46.0 Å². The fourth-order valence-electron chi connectivity index (χ4n) is 2.14. The third-order valence-electron chi connectivity index (χ3n) is 3.34. The molecule has 96 valence electrons. The summed E-state index contributed by atoms with van der Waals surface area (Å²) >= 11 is 0. The van der Waals surface area contributed by atoms with Gasteiger partial charge in [-0.15, -0.1) is 0 Å². The first-order chi connectivity index (χ1) is 7.18. The van der Waals surface area contributed by atoms with Gasteiger partial charge < -0.3 is 9.84 Å². The number of aliphatic hydroxyl groups is 1. The summed E-state index contributed by atoms with van der Waals surface area (Å²) in [4.78, 5) is 0. The van der Waals surface area contributed by atoms with Gasteiger partial charge in [0.15, 0.2) is 0 Å². The van der Waals surface area contributed by atoms with Crippen molar-refractivity contribution in [3.8, 4) is 0 Å². The van der Waals surface area contributed by atoms with E-state index in [-0.39, 0.29) is 12.8 Å². The van der Waals surface area contributed by atoms with Crippen LogP contribution >= 0.6 is 0 Å². The molecule has 0 aromatic heterocycles. The van der Waals surface area contributed by atoms with Crippen LogP contribution in [0, 0.1) is 0 Å². The van der Waals surface area contributed by atoms with Gasteiger partial charge in [-0.05, 0) is 26.2 Å². The standard InChI is InChI=1S/C11H19F3O2/c1-3-9(2)8-10(15,6-7-16-9)4-5-11(12,13)14/h15H,3-8H2,1-2H3. The van der Waals surface area contributed by atoms with Crippen molar-refractivity contribution in [3.05, 3.63) is 0 Å². The Hall–Kier alpha value is -0.290. The van der Waals surface area contributed by atoms with Crippen molar-refractivity contribution in [1.29, 1.82) is 0 Å². The lowest BCUT2D eigenvalue weighted by Crippen LogP contribution is -2.47. The third kappa shape index (κ3) is 3.94. The zero-order valence-corrected chi connectivity index (χ0v) is 9.73. The maximum absolute atomic E-state index is 12.1. The molecule has 0 radical (unpaired) electrons. The monoisotopic (exact) mass is 240 g/mol. The lowest BCUT2D eigenvalue weighted by Gasteiger charge is -2.43. The Bertz CT molecular complexity index is 242. The molecule has 0 aliphatic carbocycles. The number of hydrogen-bond acceptors (Lipinski definition) is 2. The van der Waals surface area contributed by atoms with Gasteiger partial charge in [0, 0.05) is 12.8 Å². The quantitative estimate of drug-likeness (QED) is 0.821. The van der Waals surface area contributed by atoms with E-state index in [1.54, 1.807) is 0 Å². The van der Waals surface area contributed by atoms with E-state index < -0.39 is 23.8 Å². The molecule has 0 bridgehead atoms. The van der Waals surface area contributed by atoms with Crippen LogP contribution in [-0.4, -0.2) is 29.1 Å². The van der Waals surface area contributed by atoms with E-state index >= 15 is 0 Å². The number of hydrogen-bond donors (Lipinski definition) is 1. The summed E-state index contributed by atoms with van der Waals surface area (Å²) in [6, 6.07) is 0. The van der Waals surface area contributed by atoms with Gasteiger partial charge in [0.1, 0.15) is 0 Å². The molecule has 0 amide bonds. The van der Waals surface area contributed by atoms with Crippen LogP contribution in [0.25, 0.3) is 0 Å². The molecule has 0 aromatic carbocycles. The lowest BCUT2D eigenvalue weighted by molar-refractivity contribution is -0.180. The second-order valence-corrected chi connectivity index (χ2v) is 4.92. The molecule has 0 aromatic rings. The highest BCUT2D eigenvalue weighted by atomic mass is 19.4. The van der Waals surface area contributed by atoms with E-state index in [9.17, 15) is 18.3 Å². The van der Waals surface area contributed by atoms with Crippen LogP contribution in [0.5, 0.6) is 0 Å². The first kappa shape index (κ1) is 13.8. The van der Waals surface area contributed by atoms with Crippen molar-refractivity contribution in [2.24, 2.45) is 0 Å². The minimum Gasteiger partial charge on any atom is -0.390 e. The number of halogens is 3. The molecule has 1 heterocycles. The van der Waals surface area contributed by atoms with Crippen LogP contribution in [0.2, 0.25) is 0 Å². The Balaban J connectivity index is 2.56. The van der Waals surface area contributed by atoms with Gasteiger partial charge in [-0.2, -0.15) is 13.2 Å². The highest BCUT2D eigenvalue weighted by Gasteiger charge is 2.43. The van der Waals surface area contributed by atoms with Crippen LogP contribution in [0.15, 0.2) is 0 Å². The average molecular weight is 240 g/mol. The van der Waals surface area contributed by atoms with E-state index in [2.05, 4.69) is 0 Å². The molecule has 5 heteroatoms. The van der Waals surface area contributed by atoms with Crippen molar-refractivity contribution in [2.45, 2.75) is 63.3 Å². The second kappa shape index (κ2) is 4.53. The van der Waals surface area contributed by atoms with E-state index in [1.165, 1.54) is 0 Å². The summed E-state index contributed by atoms with van der Waals surface area (Å²) in [5.74, 6) is 0. The maximum Gasteiger partial charge on any atom is 0.389 e. The molecule has 1 aliphatic heterocycles. The Morgan fingerprint density at radius 1 is 1.38 bits per heavy atom. The molecule has 0 spiro atoms. The van der Waals surface area contributed by atoms with Crippen molar-refractivity contribution in [3.63, 3.8) is 0 Å². The lowest BCUT2D eigenvalue weighted by atomic mass is 9.79. The Labute approximate surface area is 93.8 Å². The van der Waals surface area contributed by atoms with Gasteiger partial charge in [0.25, 0.3) is 0 Å². The molecular weight excluding hydrogens is 221 g/mol. The maximum atomic E-state index is 12.1. The van der Waals surface area contributed by atoms with Crippen molar-refractivity contribution >= 4 is 0 Å². The predicted molar refractivity (Wildman–Crippen MR) is 54.1 cm³/mol. The SMILES string of the molecule is CCC1(C)CC(O)(CCC(F)(F)F)CCO1. The molecule has 2 nitrogen and oxygen atoms in total. The molecule has 1 saturated heterocycles. The molecule has 1 aliphatic rings. The van der Waals surface area contributed by atoms with Crippen LogP contribution in [0.4, 0.5) is 13.2 Å². The minimum atomic E-state index is -4.20. The highest BCUT2D eigenvalue weighted by molar-refractivity contribution is 4.92. The normalized spacial score (nSPS) is 36.4. The zero-order valence-electron chi connectivity index (χ0n) is 9.73. The molecule has 1 fully saturated rings. The molecule has 1 rings (SSSR count). The highest BCUT2D eigenvalue weighted by Crippen LogP contribution is 2.39. The summed E-state index contributed by atoms with van der Waals surface area (Å²) in [5, 5.41) is 10.1. The number of rotatable bonds is 3. The Morgan fingerprint density at radius 3 is 2.50 bits per heavy atom. The van der Waals surface area contributed by atoms with Gasteiger partial charge >= 0.3 is 6.18 Å². The average Bonchev–Trinajstić information content (AvgIpc) is 2.14. The molecule has 0 saturated carbocycles. The Morgan fingerprint density at radius 2 is 2.00 bits per heavy atom. The zero-order chi connectivity index (χ0) is 12.4. The first-order valence-electron chi connectivity index (χ1n) is 5.61. The predicted octanol–water partition coefficient (Wildman–Crippen LogP) is 3.04. The van der Waals surface area contributed by atoms with Gasteiger partial charge in [-0.25, -0.2) is 0 Å². The third-order valence-corrected chi connectivity index (χ3v) is 3.34. The molecular formula is C11H19F3O2. The summed E-state index contributed by atoms with van der Waals surface area (Å²) in [5.41, 5.74) is -1.71. The summed E-state index contributed by atoms with van der Waals surface area (Å²) in [6.07, 6.45) is -4.08. The van der Waals surface area contributed by atoms with Gasteiger partial charge in [0.2, 0.25) is 0 Å². The Kier molecular flexibility index (Phi) is 3.90. The second-order valence-electron chi connectivity index (χ2n) is 4.92. The van der Waals surface area contributed by atoms with Crippen molar-refractivity contribution in [2.75, 3.05) is 6.61 Å². The van der Waals surface area contributed by atoms with E-state index in [0.29, 0.717) is 19.4 Å². The smallest absolute Gasteiger partial charge is 0.389 e. The van der Waals surface area contributed by atoms with E-state index in [4.69, 9.17) is 4.74 Å². The van der Waals surface area contributed by atoms with E-state index in [0.717, 1.165) is 0 Å². The largest absolute Gasteiger partial charge is 0.390 e. The molecule has 2 atom stereocenters. The summed E-state index contributed by atoms with van der Waals surface area (Å²) in [7, 11) is 0. The number of alkyl halides is 3. The van der Waals surface area contributed by atoms with Gasteiger partial charge in [-0.3, -0.25) is 0 Å². The minimum absolute atomic E-state index is 0.227. The summed E-state index contributed by atoms with van der Waals surface area (Å²) < 4.78 is 41.8. The molecule has 2 unspecified atom stereocenters. The topological polar surface area (TPSA) is 29.5 Å². The van der Waals surface area contributed by atoms with Crippen LogP contribution in [0.3, 0.4) is 0 Å². The first-order valence-corrected chi connectivity index (χ1v) is 5.61. The van der Waals surface area contributed by atoms with Crippen LogP contribution in [-0.2, 0) is 4.74 Å². The van der Waals surface area contributed by atoms with Crippen molar-refractivity contribution in [1.82, 2.24) is 0 Å². The van der Waals surface area contributed by atoms with Crippen LogP contribution < -0.4 is 0 Å². The number of ether oxygens (including phenoxy) is 1. The van der Waals surface area contributed by atoms with Gasteiger partial charge in [0.05, 0.1) is 17.8 Å².